The fourth-order valence-electron chi connectivity index (χ4n) is 4.65. The van der Waals surface area contributed by atoms with E-state index in [4.69, 9.17) is 13.9 Å². The first-order chi connectivity index (χ1) is 20.4. The second kappa shape index (κ2) is 13.3. The molecule has 42 heavy (non-hydrogen) atoms. The van der Waals surface area contributed by atoms with E-state index in [1.807, 2.05) is 67.8 Å². The number of nitrogens with one attached hydrogen (secondary N) is 1. The van der Waals surface area contributed by atoms with Crippen molar-refractivity contribution in [2.45, 2.75) is 32.7 Å². The zero-order valence-corrected chi connectivity index (χ0v) is 24.6. The lowest BCUT2D eigenvalue weighted by Gasteiger charge is -2.20. The van der Waals surface area contributed by atoms with Crippen LogP contribution in [0.25, 0.3) is 10.8 Å². The number of hydrogen-bond donors (Lipinski definition) is 1. The molecule has 0 aliphatic heterocycles. The van der Waals surface area contributed by atoms with E-state index in [0.29, 0.717) is 42.2 Å². The van der Waals surface area contributed by atoms with E-state index in [1.165, 1.54) is 7.11 Å². The number of esters is 1. The van der Waals surface area contributed by atoms with Crippen molar-refractivity contribution in [3.05, 3.63) is 124 Å². The molecule has 5 aromatic rings. The van der Waals surface area contributed by atoms with Crippen molar-refractivity contribution < 1.29 is 23.5 Å². The van der Waals surface area contributed by atoms with Gasteiger partial charge < -0.3 is 19.2 Å². The SMILES string of the molecule is COC(=O)[C@H](Cc1ccc(OCCc2nc(-c3sccc3C)oc2C)cc1)Nc1ccccc1C(=O)c1ccccc1. The molecule has 0 fully saturated rings. The van der Waals surface area contributed by atoms with Gasteiger partial charge in [-0.3, -0.25) is 4.79 Å². The Balaban J connectivity index is 1.21. The molecule has 8 heteroatoms. The summed E-state index contributed by atoms with van der Waals surface area (Å²) in [5, 5.41) is 5.28. The molecule has 0 unspecified atom stereocenters. The van der Waals surface area contributed by atoms with Crippen LogP contribution in [0.3, 0.4) is 0 Å². The predicted octanol–water partition coefficient (Wildman–Crippen LogP) is 7.07. The number of ketones is 1. The minimum Gasteiger partial charge on any atom is -0.493 e. The van der Waals surface area contributed by atoms with Crippen LogP contribution in [0.5, 0.6) is 5.75 Å². The molecule has 2 aromatic heterocycles. The third kappa shape index (κ3) is 6.78. The summed E-state index contributed by atoms with van der Waals surface area (Å²) < 4.78 is 16.9. The minimum atomic E-state index is -0.692. The monoisotopic (exact) mass is 580 g/mol. The molecular formula is C34H32N2O5S. The fraction of sp³-hybridized carbons (Fsp3) is 0.206. The zero-order chi connectivity index (χ0) is 29.5. The van der Waals surface area contributed by atoms with E-state index in [0.717, 1.165) is 33.2 Å². The molecule has 2 heterocycles. The Morgan fingerprint density at radius 2 is 1.69 bits per heavy atom. The van der Waals surface area contributed by atoms with Crippen LogP contribution in [0.1, 0.15) is 38.5 Å². The molecule has 0 amide bonds. The number of oxazole rings is 1. The van der Waals surface area contributed by atoms with E-state index in [2.05, 4.69) is 16.4 Å². The third-order valence-corrected chi connectivity index (χ3v) is 7.95. The van der Waals surface area contributed by atoms with Gasteiger partial charge in [0, 0.05) is 29.7 Å². The summed E-state index contributed by atoms with van der Waals surface area (Å²) in [5.41, 5.74) is 4.59. The number of aromatic nitrogens is 1. The summed E-state index contributed by atoms with van der Waals surface area (Å²) in [7, 11) is 1.36. The molecule has 1 N–H and O–H groups in total. The number of hydrogen-bond acceptors (Lipinski definition) is 8. The van der Waals surface area contributed by atoms with Gasteiger partial charge in [-0.15, -0.1) is 11.3 Å². The molecule has 0 spiro atoms. The highest BCUT2D eigenvalue weighted by Crippen LogP contribution is 2.30. The second-order valence-corrected chi connectivity index (χ2v) is 10.8. The van der Waals surface area contributed by atoms with Crippen molar-refractivity contribution in [3.8, 4) is 16.5 Å². The van der Waals surface area contributed by atoms with Crippen molar-refractivity contribution in [3.63, 3.8) is 0 Å². The molecular weight excluding hydrogens is 548 g/mol. The average Bonchev–Trinajstić information content (AvgIpc) is 3.62. The van der Waals surface area contributed by atoms with E-state index in [9.17, 15) is 9.59 Å². The molecule has 0 saturated heterocycles. The van der Waals surface area contributed by atoms with Crippen LogP contribution in [0.15, 0.2) is 94.7 Å². The van der Waals surface area contributed by atoms with Crippen molar-refractivity contribution in [1.29, 1.82) is 0 Å². The lowest BCUT2D eigenvalue weighted by atomic mass is 10.00. The molecule has 0 aliphatic carbocycles. The molecule has 1 atom stereocenters. The highest BCUT2D eigenvalue weighted by molar-refractivity contribution is 7.13. The van der Waals surface area contributed by atoms with Crippen LogP contribution in [-0.4, -0.2) is 36.5 Å². The molecule has 0 saturated carbocycles. The van der Waals surface area contributed by atoms with Gasteiger partial charge in [0.25, 0.3) is 0 Å². The maximum atomic E-state index is 13.2. The number of ether oxygens (including phenoxy) is 2. The van der Waals surface area contributed by atoms with Gasteiger partial charge in [0.15, 0.2) is 5.78 Å². The number of para-hydroxylation sites is 1. The molecule has 7 nitrogen and oxygen atoms in total. The third-order valence-electron chi connectivity index (χ3n) is 6.94. The number of rotatable bonds is 12. The van der Waals surface area contributed by atoms with Crippen LogP contribution < -0.4 is 10.1 Å². The maximum absolute atomic E-state index is 13.2. The van der Waals surface area contributed by atoms with Gasteiger partial charge in [-0.05, 0) is 60.7 Å². The van der Waals surface area contributed by atoms with Gasteiger partial charge in [0.2, 0.25) is 5.89 Å². The first-order valence-corrected chi connectivity index (χ1v) is 14.6. The summed E-state index contributed by atoms with van der Waals surface area (Å²) in [6.45, 7) is 4.42. The normalized spacial score (nSPS) is 11.6. The van der Waals surface area contributed by atoms with Crippen molar-refractivity contribution in [2.24, 2.45) is 0 Å². The molecule has 5 rings (SSSR count). The van der Waals surface area contributed by atoms with E-state index >= 15 is 0 Å². The van der Waals surface area contributed by atoms with Gasteiger partial charge in [-0.1, -0.05) is 54.6 Å². The Hall–Kier alpha value is -4.69. The standard InChI is InChI=1S/C34H32N2O5S/c1-22-18-20-42-32(22)33-36-28(23(2)41-33)17-19-40-26-15-13-24(14-16-26)21-30(34(38)39-3)35-29-12-8-7-11-27(29)31(37)25-9-5-4-6-10-25/h4-16,18,20,30,35H,17,19,21H2,1-3H3/t30-/m0/s1. The highest BCUT2D eigenvalue weighted by Gasteiger charge is 2.23. The quantitative estimate of drug-likeness (QED) is 0.125. The number of anilines is 1. The van der Waals surface area contributed by atoms with Gasteiger partial charge in [0.1, 0.15) is 17.6 Å². The molecule has 0 radical (unpaired) electrons. The number of benzene rings is 3. The molecule has 0 aliphatic rings. The summed E-state index contributed by atoms with van der Waals surface area (Å²) in [6.07, 6.45) is 0.987. The summed E-state index contributed by atoms with van der Waals surface area (Å²) in [4.78, 5) is 31.6. The number of thiophene rings is 1. The number of nitrogens with zero attached hydrogens (tertiary/aromatic N) is 1. The van der Waals surface area contributed by atoms with Crippen molar-refractivity contribution in [2.75, 3.05) is 19.0 Å². The van der Waals surface area contributed by atoms with Crippen molar-refractivity contribution >= 4 is 28.8 Å². The van der Waals surface area contributed by atoms with Gasteiger partial charge in [0.05, 0.1) is 24.3 Å². The predicted molar refractivity (Wildman–Crippen MR) is 164 cm³/mol. The van der Waals surface area contributed by atoms with Crippen LogP contribution in [0.4, 0.5) is 5.69 Å². The van der Waals surface area contributed by atoms with Crippen LogP contribution in [0, 0.1) is 13.8 Å². The fourth-order valence-corrected chi connectivity index (χ4v) is 5.50. The number of aryl methyl sites for hydroxylation is 2. The van der Waals surface area contributed by atoms with Crippen LogP contribution in [-0.2, 0) is 22.4 Å². The first kappa shape index (κ1) is 28.8. The highest BCUT2D eigenvalue weighted by atomic mass is 32.1. The van der Waals surface area contributed by atoms with Crippen LogP contribution in [0.2, 0.25) is 0 Å². The van der Waals surface area contributed by atoms with Gasteiger partial charge >= 0.3 is 5.97 Å². The van der Waals surface area contributed by atoms with E-state index in [1.54, 1.807) is 41.7 Å². The number of methoxy groups -OCH3 is 1. The lowest BCUT2D eigenvalue weighted by molar-refractivity contribution is -0.141. The Kier molecular flexibility index (Phi) is 9.14. The van der Waals surface area contributed by atoms with Gasteiger partial charge in [-0.2, -0.15) is 0 Å². The second-order valence-electron chi connectivity index (χ2n) is 9.86. The van der Waals surface area contributed by atoms with E-state index in [-0.39, 0.29) is 5.78 Å². The Labute approximate surface area is 249 Å². The number of carbonyl (C=O) groups excluding carboxylic acids is 2. The summed E-state index contributed by atoms with van der Waals surface area (Å²) in [6, 6.07) is 25.2. The lowest BCUT2D eigenvalue weighted by Crippen LogP contribution is -2.33. The minimum absolute atomic E-state index is 0.123. The molecule has 214 valence electrons. The zero-order valence-electron chi connectivity index (χ0n) is 23.8. The Bertz CT molecular complexity index is 1660. The van der Waals surface area contributed by atoms with E-state index < -0.39 is 12.0 Å². The molecule has 0 bridgehead atoms. The first-order valence-electron chi connectivity index (χ1n) is 13.7. The summed E-state index contributed by atoms with van der Waals surface area (Å²) >= 11 is 1.62. The van der Waals surface area contributed by atoms with Gasteiger partial charge in [-0.25, -0.2) is 9.78 Å². The average molecular weight is 581 g/mol. The van der Waals surface area contributed by atoms with Crippen LogP contribution >= 0.6 is 11.3 Å². The molecule has 3 aromatic carbocycles. The topological polar surface area (TPSA) is 90.7 Å². The summed E-state index contributed by atoms with van der Waals surface area (Å²) in [5.74, 6) is 1.63. The number of carbonyl (C=O) groups is 2. The van der Waals surface area contributed by atoms with Crippen molar-refractivity contribution in [1.82, 2.24) is 4.98 Å². The Morgan fingerprint density at radius 1 is 0.952 bits per heavy atom. The smallest absolute Gasteiger partial charge is 0.328 e. The largest absolute Gasteiger partial charge is 0.493 e. The maximum Gasteiger partial charge on any atom is 0.328 e. The Morgan fingerprint density at radius 3 is 2.40 bits per heavy atom.